The molecule has 0 aliphatic carbocycles. The lowest BCUT2D eigenvalue weighted by Gasteiger charge is -2.07. The average Bonchev–Trinajstić information content (AvgIpc) is 2.40. The molecule has 0 aliphatic heterocycles. The number of benzene rings is 2. The Morgan fingerprint density at radius 3 is 2.29 bits per heavy atom. The Hall–Kier alpha value is -2.35. The molecule has 0 saturated carbocycles. The monoisotopic (exact) mass is 220 g/mol. The van der Waals surface area contributed by atoms with Gasteiger partial charge < -0.3 is 5.32 Å². The molecular formula is C15H12N2. The summed E-state index contributed by atoms with van der Waals surface area (Å²) in [5, 5.41) is 5.86. The third kappa shape index (κ3) is 2.11. The molecule has 0 spiro atoms. The van der Waals surface area contributed by atoms with Crippen molar-refractivity contribution in [2.75, 3.05) is 5.32 Å². The van der Waals surface area contributed by atoms with E-state index in [2.05, 4.69) is 52.8 Å². The number of rotatable bonds is 2. The van der Waals surface area contributed by atoms with Gasteiger partial charge in [-0.05, 0) is 35.0 Å². The zero-order valence-electron chi connectivity index (χ0n) is 9.30. The van der Waals surface area contributed by atoms with Gasteiger partial charge in [0, 0.05) is 23.8 Å². The van der Waals surface area contributed by atoms with Gasteiger partial charge in [-0.1, -0.05) is 30.3 Å². The van der Waals surface area contributed by atoms with E-state index in [9.17, 15) is 0 Å². The normalized spacial score (nSPS) is 10.4. The first-order chi connectivity index (χ1) is 8.42. The predicted molar refractivity (Wildman–Crippen MR) is 71.5 cm³/mol. The summed E-state index contributed by atoms with van der Waals surface area (Å²) in [5.41, 5.74) is 2.14. The van der Waals surface area contributed by atoms with Gasteiger partial charge in [-0.3, -0.25) is 4.98 Å². The van der Waals surface area contributed by atoms with Gasteiger partial charge in [0.05, 0.1) is 0 Å². The number of hydrogen-bond donors (Lipinski definition) is 1. The summed E-state index contributed by atoms with van der Waals surface area (Å²) >= 11 is 0. The maximum Gasteiger partial charge on any atom is 0.0415 e. The largest absolute Gasteiger partial charge is 0.355 e. The van der Waals surface area contributed by atoms with Gasteiger partial charge in [-0.15, -0.1) is 0 Å². The predicted octanol–water partition coefficient (Wildman–Crippen LogP) is 3.98. The Morgan fingerprint density at radius 1 is 0.706 bits per heavy atom. The second-order valence-corrected chi connectivity index (χ2v) is 3.92. The molecule has 0 atom stereocenters. The maximum absolute atomic E-state index is 4.00. The van der Waals surface area contributed by atoms with Crippen molar-refractivity contribution in [3.8, 4) is 0 Å². The average molecular weight is 220 g/mol. The zero-order valence-corrected chi connectivity index (χ0v) is 9.30. The molecular weight excluding hydrogens is 208 g/mol. The number of aromatic nitrogens is 1. The van der Waals surface area contributed by atoms with Gasteiger partial charge in [0.2, 0.25) is 0 Å². The zero-order chi connectivity index (χ0) is 11.5. The van der Waals surface area contributed by atoms with Crippen LogP contribution in [-0.4, -0.2) is 4.98 Å². The molecule has 3 aromatic rings. The Labute approximate surface area is 99.9 Å². The summed E-state index contributed by atoms with van der Waals surface area (Å²) in [6.45, 7) is 0. The van der Waals surface area contributed by atoms with Crippen molar-refractivity contribution in [3.05, 3.63) is 67.0 Å². The smallest absolute Gasteiger partial charge is 0.0415 e. The van der Waals surface area contributed by atoms with E-state index in [4.69, 9.17) is 0 Å². The van der Waals surface area contributed by atoms with Crippen LogP contribution in [0.25, 0.3) is 10.8 Å². The molecule has 2 nitrogen and oxygen atoms in total. The maximum atomic E-state index is 4.00. The first kappa shape index (κ1) is 9.85. The van der Waals surface area contributed by atoms with E-state index < -0.39 is 0 Å². The summed E-state index contributed by atoms with van der Waals surface area (Å²) in [7, 11) is 0. The van der Waals surface area contributed by atoms with E-state index in [1.54, 1.807) is 12.4 Å². The lowest BCUT2D eigenvalue weighted by Crippen LogP contribution is -1.89. The Balaban J connectivity index is 1.96. The lowest BCUT2D eigenvalue weighted by molar-refractivity contribution is 1.33. The van der Waals surface area contributed by atoms with E-state index >= 15 is 0 Å². The molecule has 2 aromatic carbocycles. The summed E-state index contributed by atoms with van der Waals surface area (Å²) in [6, 6.07) is 18.6. The van der Waals surface area contributed by atoms with E-state index in [1.807, 2.05) is 12.1 Å². The van der Waals surface area contributed by atoms with Crippen LogP contribution in [0.3, 0.4) is 0 Å². The van der Waals surface area contributed by atoms with Crippen molar-refractivity contribution < 1.29 is 0 Å². The summed E-state index contributed by atoms with van der Waals surface area (Å²) in [4.78, 5) is 4.00. The minimum absolute atomic E-state index is 1.05. The van der Waals surface area contributed by atoms with Crippen molar-refractivity contribution in [2.24, 2.45) is 0 Å². The van der Waals surface area contributed by atoms with Gasteiger partial charge >= 0.3 is 0 Å². The topological polar surface area (TPSA) is 24.9 Å². The number of fused-ring (bicyclic) bond motifs is 1. The summed E-state index contributed by atoms with van der Waals surface area (Å²) in [6.07, 6.45) is 3.56. The molecule has 0 bridgehead atoms. The Bertz CT molecular complexity index is 633. The molecule has 0 radical (unpaired) electrons. The van der Waals surface area contributed by atoms with Gasteiger partial charge in [0.1, 0.15) is 0 Å². The van der Waals surface area contributed by atoms with Crippen LogP contribution in [0.4, 0.5) is 11.4 Å². The van der Waals surface area contributed by atoms with Gasteiger partial charge in [-0.25, -0.2) is 0 Å². The highest BCUT2D eigenvalue weighted by atomic mass is 14.9. The van der Waals surface area contributed by atoms with E-state index in [0.717, 1.165) is 11.4 Å². The van der Waals surface area contributed by atoms with Crippen LogP contribution < -0.4 is 5.32 Å². The molecule has 0 saturated heterocycles. The molecule has 1 N–H and O–H groups in total. The van der Waals surface area contributed by atoms with Crippen molar-refractivity contribution in [1.82, 2.24) is 4.98 Å². The second-order valence-electron chi connectivity index (χ2n) is 3.92. The number of hydrogen-bond acceptors (Lipinski definition) is 2. The fraction of sp³-hybridized carbons (Fsp3) is 0. The van der Waals surface area contributed by atoms with Crippen LogP contribution in [0, 0.1) is 0 Å². The van der Waals surface area contributed by atoms with Crippen molar-refractivity contribution in [1.29, 1.82) is 0 Å². The van der Waals surface area contributed by atoms with Crippen molar-refractivity contribution in [2.45, 2.75) is 0 Å². The Morgan fingerprint density at radius 2 is 1.47 bits per heavy atom. The number of pyridine rings is 1. The third-order valence-electron chi connectivity index (χ3n) is 2.72. The molecule has 0 amide bonds. The van der Waals surface area contributed by atoms with Crippen LogP contribution in [0.15, 0.2) is 67.0 Å². The SMILES string of the molecule is c1ccc2cc(Nc3ccncc3)ccc2c1. The van der Waals surface area contributed by atoms with Gasteiger partial charge in [0.25, 0.3) is 0 Å². The molecule has 82 valence electrons. The number of nitrogens with one attached hydrogen (secondary N) is 1. The molecule has 17 heavy (non-hydrogen) atoms. The summed E-state index contributed by atoms with van der Waals surface area (Å²) < 4.78 is 0. The fourth-order valence-electron chi connectivity index (χ4n) is 1.87. The minimum Gasteiger partial charge on any atom is -0.355 e. The van der Waals surface area contributed by atoms with E-state index in [1.165, 1.54) is 10.8 Å². The standard InChI is InChI=1S/C15H12N2/c1-2-4-13-11-15(6-5-12(13)3-1)17-14-7-9-16-10-8-14/h1-11H,(H,16,17). The highest BCUT2D eigenvalue weighted by molar-refractivity contribution is 5.86. The molecule has 0 aliphatic rings. The minimum atomic E-state index is 1.05. The van der Waals surface area contributed by atoms with Crippen LogP contribution in [0.5, 0.6) is 0 Å². The fourth-order valence-corrected chi connectivity index (χ4v) is 1.87. The van der Waals surface area contributed by atoms with Gasteiger partial charge in [0.15, 0.2) is 0 Å². The van der Waals surface area contributed by atoms with E-state index in [0.29, 0.717) is 0 Å². The van der Waals surface area contributed by atoms with Crippen molar-refractivity contribution in [3.63, 3.8) is 0 Å². The first-order valence-corrected chi connectivity index (χ1v) is 5.58. The van der Waals surface area contributed by atoms with Crippen LogP contribution in [0.1, 0.15) is 0 Å². The van der Waals surface area contributed by atoms with Crippen LogP contribution >= 0.6 is 0 Å². The highest BCUT2D eigenvalue weighted by Gasteiger charge is 1.96. The lowest BCUT2D eigenvalue weighted by atomic mass is 10.1. The van der Waals surface area contributed by atoms with Crippen molar-refractivity contribution >= 4 is 22.1 Å². The van der Waals surface area contributed by atoms with Crippen LogP contribution in [0.2, 0.25) is 0 Å². The molecule has 0 unspecified atom stereocenters. The Kier molecular flexibility index (Phi) is 2.47. The number of nitrogens with zero attached hydrogens (tertiary/aromatic N) is 1. The van der Waals surface area contributed by atoms with E-state index in [-0.39, 0.29) is 0 Å². The number of anilines is 2. The summed E-state index contributed by atoms with van der Waals surface area (Å²) in [5.74, 6) is 0. The quantitative estimate of drug-likeness (QED) is 0.706. The molecule has 0 fully saturated rings. The highest BCUT2D eigenvalue weighted by Crippen LogP contribution is 2.21. The first-order valence-electron chi connectivity index (χ1n) is 5.58. The van der Waals surface area contributed by atoms with Crippen LogP contribution in [-0.2, 0) is 0 Å². The molecule has 1 heterocycles. The third-order valence-corrected chi connectivity index (χ3v) is 2.72. The molecule has 2 heteroatoms. The second kappa shape index (κ2) is 4.26. The molecule has 1 aromatic heterocycles. The van der Waals surface area contributed by atoms with Gasteiger partial charge in [-0.2, -0.15) is 0 Å². The molecule has 3 rings (SSSR count).